The summed E-state index contributed by atoms with van der Waals surface area (Å²) in [6, 6.07) is 17.5. The highest BCUT2D eigenvalue weighted by Crippen LogP contribution is 2.43. The zero-order chi connectivity index (χ0) is 23.5. The van der Waals surface area contributed by atoms with Crippen molar-refractivity contribution in [1.29, 1.82) is 0 Å². The first-order chi connectivity index (χ1) is 16.5. The van der Waals surface area contributed by atoms with Gasteiger partial charge in [-0.3, -0.25) is 19.5 Å². The maximum atomic E-state index is 13.2. The average Bonchev–Trinajstić information content (AvgIpc) is 3.69. The van der Waals surface area contributed by atoms with Crippen LogP contribution in [0.5, 0.6) is 0 Å². The van der Waals surface area contributed by atoms with E-state index >= 15 is 0 Å². The van der Waals surface area contributed by atoms with E-state index in [-0.39, 0.29) is 11.7 Å². The number of pyridine rings is 1. The molecule has 1 aliphatic carbocycles. The lowest BCUT2D eigenvalue weighted by Crippen LogP contribution is -2.51. The quantitative estimate of drug-likeness (QED) is 0.539. The summed E-state index contributed by atoms with van der Waals surface area (Å²) in [5.41, 5.74) is 4.91. The van der Waals surface area contributed by atoms with Crippen LogP contribution in [0.25, 0.3) is 11.1 Å². The Labute approximate surface area is 200 Å². The molecule has 0 unspecified atom stereocenters. The topological polar surface area (TPSA) is 71.5 Å². The third-order valence-corrected chi connectivity index (χ3v) is 6.88. The number of amides is 1. The molecule has 34 heavy (non-hydrogen) atoms. The van der Waals surface area contributed by atoms with Crippen LogP contribution < -0.4 is 5.32 Å². The van der Waals surface area contributed by atoms with Crippen molar-refractivity contribution in [2.75, 3.05) is 31.6 Å². The summed E-state index contributed by atoms with van der Waals surface area (Å²) in [7, 11) is 0. The van der Waals surface area contributed by atoms with Crippen molar-refractivity contribution in [2.24, 2.45) is 0 Å². The number of Topliss-reactive ketones (excluding diaryl/α,β-unsaturated/α-hetero) is 1. The van der Waals surface area contributed by atoms with Gasteiger partial charge in [-0.1, -0.05) is 42.5 Å². The van der Waals surface area contributed by atoms with Crippen molar-refractivity contribution in [3.05, 3.63) is 83.7 Å². The highest BCUT2D eigenvalue weighted by atomic mass is 16.5. The zero-order valence-corrected chi connectivity index (χ0v) is 19.4. The largest absolute Gasteiger partial charge is 0.379 e. The molecule has 0 atom stereocenters. The molecule has 174 valence electrons. The van der Waals surface area contributed by atoms with Crippen molar-refractivity contribution < 1.29 is 14.3 Å². The molecular formula is C28H29N3O3. The predicted molar refractivity (Wildman–Crippen MR) is 132 cm³/mol. The molecule has 1 saturated heterocycles. The minimum absolute atomic E-state index is 0.0214. The van der Waals surface area contributed by atoms with E-state index in [1.807, 2.05) is 67.7 Å². The Hall–Kier alpha value is -3.35. The molecule has 2 heterocycles. The Morgan fingerprint density at radius 1 is 1.03 bits per heavy atom. The SMILES string of the molecule is Cc1ccc(C(=O)Cc2ccc(-c3cccnc3)cc2)cc1NC(=O)C1(N2CCOCC2)CC1. The molecule has 1 N–H and O–H groups in total. The zero-order valence-electron chi connectivity index (χ0n) is 19.4. The van der Waals surface area contributed by atoms with Gasteiger partial charge in [0, 0.05) is 43.2 Å². The number of nitrogens with one attached hydrogen (secondary N) is 1. The van der Waals surface area contributed by atoms with E-state index in [4.69, 9.17) is 4.74 Å². The molecule has 2 aromatic carbocycles. The number of rotatable bonds is 7. The molecule has 1 aromatic heterocycles. The smallest absolute Gasteiger partial charge is 0.244 e. The second kappa shape index (κ2) is 9.49. The van der Waals surface area contributed by atoms with Crippen molar-refractivity contribution in [3.8, 4) is 11.1 Å². The fourth-order valence-electron chi connectivity index (χ4n) is 4.60. The standard InChI is InChI=1S/C28H29N3O3/c1-20-4-7-23(18-25(20)30-27(33)28(10-11-28)31-13-15-34-16-14-31)26(32)17-21-5-8-22(9-6-21)24-3-2-12-29-19-24/h2-9,12,18-19H,10-11,13-17H2,1H3,(H,30,33). The molecule has 1 amide bonds. The molecule has 0 bridgehead atoms. The minimum Gasteiger partial charge on any atom is -0.379 e. The van der Waals surface area contributed by atoms with Crippen LogP contribution in [0.15, 0.2) is 67.0 Å². The number of benzene rings is 2. The van der Waals surface area contributed by atoms with Crippen molar-refractivity contribution in [3.63, 3.8) is 0 Å². The number of morpholine rings is 1. The Bertz CT molecular complexity index is 1180. The lowest BCUT2D eigenvalue weighted by Gasteiger charge is -2.34. The maximum absolute atomic E-state index is 13.2. The Kier molecular flexibility index (Phi) is 6.26. The predicted octanol–water partition coefficient (Wildman–Crippen LogP) is 4.29. The van der Waals surface area contributed by atoms with E-state index < -0.39 is 5.54 Å². The van der Waals surface area contributed by atoms with Gasteiger partial charge >= 0.3 is 0 Å². The van der Waals surface area contributed by atoms with Crippen molar-refractivity contribution >= 4 is 17.4 Å². The van der Waals surface area contributed by atoms with Crippen molar-refractivity contribution in [2.45, 2.75) is 31.7 Å². The highest BCUT2D eigenvalue weighted by Gasteiger charge is 2.54. The van der Waals surface area contributed by atoms with Gasteiger partial charge < -0.3 is 10.1 Å². The molecule has 1 saturated carbocycles. The number of ketones is 1. The van der Waals surface area contributed by atoms with Gasteiger partial charge in [0.1, 0.15) is 5.54 Å². The van der Waals surface area contributed by atoms with Gasteiger partial charge in [-0.25, -0.2) is 0 Å². The summed E-state index contributed by atoms with van der Waals surface area (Å²) in [5, 5.41) is 3.12. The van der Waals surface area contributed by atoms with Crippen LogP contribution in [0.2, 0.25) is 0 Å². The third-order valence-electron chi connectivity index (χ3n) is 6.88. The summed E-state index contributed by atoms with van der Waals surface area (Å²) < 4.78 is 5.45. The molecule has 5 rings (SSSR count). The number of ether oxygens (including phenoxy) is 1. The first kappa shape index (κ1) is 22.4. The summed E-state index contributed by atoms with van der Waals surface area (Å²) in [4.78, 5) is 32.6. The molecular weight excluding hydrogens is 426 g/mol. The van der Waals surface area contributed by atoms with Crippen LogP contribution in [0.3, 0.4) is 0 Å². The van der Waals surface area contributed by atoms with Gasteiger partial charge in [-0.05, 0) is 54.2 Å². The van der Waals surface area contributed by atoms with Gasteiger partial charge in [0.25, 0.3) is 0 Å². The van der Waals surface area contributed by atoms with E-state index in [1.54, 1.807) is 6.20 Å². The molecule has 2 fully saturated rings. The number of anilines is 1. The summed E-state index contributed by atoms with van der Waals surface area (Å²) in [6.07, 6.45) is 5.62. The fourth-order valence-corrected chi connectivity index (χ4v) is 4.60. The molecule has 1 aliphatic heterocycles. The number of hydrogen-bond donors (Lipinski definition) is 1. The molecule has 3 aromatic rings. The number of aromatic nitrogens is 1. The van der Waals surface area contributed by atoms with Gasteiger partial charge in [-0.2, -0.15) is 0 Å². The summed E-state index contributed by atoms with van der Waals surface area (Å²) in [5.74, 6) is 0.0482. The lowest BCUT2D eigenvalue weighted by molar-refractivity contribution is -0.124. The first-order valence-corrected chi connectivity index (χ1v) is 11.8. The summed E-state index contributed by atoms with van der Waals surface area (Å²) >= 11 is 0. The van der Waals surface area contributed by atoms with Gasteiger partial charge in [0.2, 0.25) is 5.91 Å². The summed E-state index contributed by atoms with van der Waals surface area (Å²) in [6.45, 7) is 4.85. The molecule has 0 radical (unpaired) electrons. The van der Waals surface area contributed by atoms with Crippen LogP contribution in [0, 0.1) is 6.92 Å². The van der Waals surface area contributed by atoms with Crippen LogP contribution >= 0.6 is 0 Å². The van der Waals surface area contributed by atoms with Gasteiger partial charge in [-0.15, -0.1) is 0 Å². The molecule has 2 aliphatic rings. The second-order valence-corrected chi connectivity index (χ2v) is 9.15. The molecule has 6 nitrogen and oxygen atoms in total. The fraction of sp³-hybridized carbons (Fsp3) is 0.321. The molecule has 0 spiro atoms. The van der Waals surface area contributed by atoms with Gasteiger partial charge in [0.15, 0.2) is 5.78 Å². The van der Waals surface area contributed by atoms with E-state index in [1.165, 1.54) is 0 Å². The number of nitrogens with zero attached hydrogens (tertiary/aromatic N) is 2. The number of carbonyl (C=O) groups excluding carboxylic acids is 2. The van der Waals surface area contributed by atoms with Crippen LogP contribution in [0.1, 0.15) is 34.3 Å². The number of carbonyl (C=O) groups is 2. The van der Waals surface area contributed by atoms with E-state index in [0.29, 0.717) is 30.9 Å². The number of hydrogen-bond acceptors (Lipinski definition) is 5. The molecule has 6 heteroatoms. The normalized spacial score (nSPS) is 17.2. The Balaban J connectivity index is 1.27. The van der Waals surface area contributed by atoms with Crippen molar-refractivity contribution in [1.82, 2.24) is 9.88 Å². The van der Waals surface area contributed by atoms with Crippen LogP contribution in [-0.2, 0) is 16.0 Å². The van der Waals surface area contributed by atoms with E-state index in [2.05, 4.69) is 15.2 Å². The first-order valence-electron chi connectivity index (χ1n) is 11.8. The average molecular weight is 456 g/mol. The van der Waals surface area contributed by atoms with Crippen LogP contribution in [-0.4, -0.2) is 53.4 Å². The minimum atomic E-state index is -0.424. The Morgan fingerprint density at radius 2 is 1.79 bits per heavy atom. The Morgan fingerprint density at radius 3 is 2.47 bits per heavy atom. The number of aryl methyl sites for hydroxylation is 1. The monoisotopic (exact) mass is 455 g/mol. The van der Waals surface area contributed by atoms with Gasteiger partial charge in [0.05, 0.1) is 13.2 Å². The van der Waals surface area contributed by atoms with Crippen LogP contribution in [0.4, 0.5) is 5.69 Å². The third kappa shape index (κ3) is 4.65. The van der Waals surface area contributed by atoms with E-state index in [9.17, 15) is 9.59 Å². The maximum Gasteiger partial charge on any atom is 0.244 e. The lowest BCUT2D eigenvalue weighted by atomic mass is 9.99. The van der Waals surface area contributed by atoms with E-state index in [0.717, 1.165) is 48.2 Å². The second-order valence-electron chi connectivity index (χ2n) is 9.15. The highest BCUT2D eigenvalue weighted by molar-refractivity contribution is 6.03.